The van der Waals surface area contributed by atoms with Crippen LogP contribution in [0.15, 0.2) is 0 Å². The number of piperidine rings is 2. The second-order valence-corrected chi connectivity index (χ2v) is 10.9. The van der Waals surface area contributed by atoms with Gasteiger partial charge in [0.2, 0.25) is 5.91 Å². The van der Waals surface area contributed by atoms with Crippen molar-refractivity contribution in [2.45, 2.75) is 94.9 Å². The standard InChI is InChI=1S/C25H43N5O4/c1-28(21-15-17-5-6-18(21)14-17)22(16-23(31)32)24(33)30-10-3-2-4-19(30)9-13-34-20-7-11-29(12-8-20)25(26)27/h17-22H,2-16H2,1H3,(H3,26,27)(H,31,32)/t17?,18?,19-,21?,22-/m0/s1. The third kappa shape index (κ3) is 5.85. The van der Waals surface area contributed by atoms with E-state index < -0.39 is 12.0 Å². The van der Waals surface area contributed by atoms with Crippen LogP contribution in [0.25, 0.3) is 0 Å². The van der Waals surface area contributed by atoms with Gasteiger partial charge in [0, 0.05) is 38.3 Å². The van der Waals surface area contributed by atoms with Gasteiger partial charge in [0.1, 0.15) is 0 Å². The fourth-order valence-corrected chi connectivity index (χ4v) is 6.93. The van der Waals surface area contributed by atoms with Crippen molar-refractivity contribution >= 4 is 17.8 Å². The number of likely N-dealkylation sites (tertiary alicyclic amines) is 2. The number of aliphatic carboxylic acids is 1. The Labute approximate surface area is 203 Å². The Morgan fingerprint density at radius 2 is 1.88 bits per heavy atom. The van der Waals surface area contributed by atoms with E-state index in [1.807, 2.05) is 16.8 Å². The molecule has 4 rings (SSSR count). The summed E-state index contributed by atoms with van der Waals surface area (Å²) < 4.78 is 6.15. The quantitative estimate of drug-likeness (QED) is 0.343. The van der Waals surface area contributed by atoms with Crippen LogP contribution < -0.4 is 5.73 Å². The summed E-state index contributed by atoms with van der Waals surface area (Å²) in [4.78, 5) is 31.4. The molecule has 9 heteroatoms. The van der Waals surface area contributed by atoms with E-state index in [9.17, 15) is 14.7 Å². The van der Waals surface area contributed by atoms with Crippen molar-refractivity contribution in [2.75, 3.05) is 33.3 Å². The summed E-state index contributed by atoms with van der Waals surface area (Å²) in [7, 11) is 1.98. The number of hydrogen-bond donors (Lipinski definition) is 3. The van der Waals surface area contributed by atoms with E-state index in [1.165, 1.54) is 19.3 Å². The molecule has 2 bridgehead atoms. The minimum atomic E-state index is -0.901. The van der Waals surface area contributed by atoms with Crippen molar-refractivity contribution in [1.82, 2.24) is 14.7 Å². The monoisotopic (exact) mass is 477 g/mol. The summed E-state index contributed by atoms with van der Waals surface area (Å²) in [6.07, 6.45) is 10.4. The minimum Gasteiger partial charge on any atom is -0.481 e. The van der Waals surface area contributed by atoms with Crippen molar-refractivity contribution in [3.63, 3.8) is 0 Å². The number of carboxylic acid groups (broad SMARTS) is 1. The Bertz CT molecular complexity index is 741. The Hall–Kier alpha value is -1.87. The molecular formula is C25H43N5O4. The van der Waals surface area contributed by atoms with Crippen LogP contribution in [0.4, 0.5) is 0 Å². The van der Waals surface area contributed by atoms with Crippen LogP contribution in [0.1, 0.15) is 70.6 Å². The number of nitrogens with two attached hydrogens (primary N) is 1. The Kier molecular flexibility index (Phi) is 8.34. The van der Waals surface area contributed by atoms with Crippen molar-refractivity contribution in [1.29, 1.82) is 5.41 Å². The number of carbonyl (C=O) groups excluding carboxylic acids is 1. The van der Waals surface area contributed by atoms with E-state index in [0.717, 1.165) is 64.0 Å². The van der Waals surface area contributed by atoms with Gasteiger partial charge in [-0.25, -0.2) is 0 Å². The third-order valence-corrected chi connectivity index (χ3v) is 8.87. The van der Waals surface area contributed by atoms with Crippen LogP contribution in [0, 0.1) is 17.2 Å². The van der Waals surface area contributed by atoms with Gasteiger partial charge >= 0.3 is 5.97 Å². The SMILES string of the molecule is CN(C1CC2CCC1C2)[C@@H](CC(=O)O)C(=O)N1CCCC[C@H]1CCOC1CCN(C(=N)N)CC1. The summed E-state index contributed by atoms with van der Waals surface area (Å²) in [5.74, 6) is 0.578. The van der Waals surface area contributed by atoms with Gasteiger partial charge in [0.05, 0.1) is 18.6 Å². The normalized spacial score (nSPS) is 30.6. The van der Waals surface area contributed by atoms with Crippen molar-refractivity contribution in [3.8, 4) is 0 Å². The summed E-state index contributed by atoms with van der Waals surface area (Å²) in [6.45, 7) is 2.81. The predicted molar refractivity (Wildman–Crippen MR) is 129 cm³/mol. The molecular weight excluding hydrogens is 434 g/mol. The number of nitrogens with zero attached hydrogens (tertiary/aromatic N) is 3. The lowest BCUT2D eigenvalue weighted by molar-refractivity contribution is -0.149. The number of guanidine groups is 1. The maximum absolute atomic E-state index is 13.8. The zero-order chi connectivity index (χ0) is 24.2. The molecule has 2 aliphatic heterocycles. The number of nitrogens with one attached hydrogen (secondary N) is 1. The van der Waals surface area contributed by atoms with Gasteiger partial charge in [0.15, 0.2) is 5.96 Å². The highest BCUT2D eigenvalue weighted by molar-refractivity contribution is 5.86. The molecule has 9 nitrogen and oxygen atoms in total. The van der Waals surface area contributed by atoms with Gasteiger partial charge in [-0.05, 0) is 76.7 Å². The lowest BCUT2D eigenvalue weighted by Gasteiger charge is -2.42. The van der Waals surface area contributed by atoms with Gasteiger partial charge < -0.3 is 25.4 Å². The number of amides is 1. The topological polar surface area (TPSA) is 123 Å². The second kappa shape index (κ2) is 11.2. The Morgan fingerprint density at radius 1 is 1.12 bits per heavy atom. The molecule has 1 amide bonds. The van der Waals surface area contributed by atoms with Crippen molar-refractivity contribution < 1.29 is 19.4 Å². The van der Waals surface area contributed by atoms with E-state index in [1.54, 1.807) is 0 Å². The molecule has 0 aromatic heterocycles. The molecule has 3 unspecified atom stereocenters. The van der Waals surface area contributed by atoms with E-state index >= 15 is 0 Å². The number of fused-ring (bicyclic) bond motifs is 2. The van der Waals surface area contributed by atoms with E-state index in [0.29, 0.717) is 25.1 Å². The van der Waals surface area contributed by atoms with Crippen molar-refractivity contribution in [2.24, 2.45) is 17.6 Å². The molecule has 4 N–H and O–H groups in total. The molecule has 0 spiro atoms. The number of rotatable bonds is 9. The van der Waals surface area contributed by atoms with E-state index in [2.05, 4.69) is 4.90 Å². The number of carbonyl (C=O) groups is 2. The molecule has 0 radical (unpaired) electrons. The van der Waals surface area contributed by atoms with Gasteiger partial charge in [-0.3, -0.25) is 19.9 Å². The first kappa shape index (κ1) is 25.2. The molecule has 2 saturated carbocycles. The molecule has 2 aliphatic carbocycles. The van der Waals surface area contributed by atoms with Crippen LogP contribution in [-0.2, 0) is 14.3 Å². The first-order valence-corrected chi connectivity index (χ1v) is 13.3. The molecule has 4 aliphatic rings. The highest BCUT2D eigenvalue weighted by Crippen LogP contribution is 2.47. The lowest BCUT2D eigenvalue weighted by Crippen LogP contribution is -2.56. The number of carboxylic acids is 1. The molecule has 192 valence electrons. The average Bonchev–Trinajstić information content (AvgIpc) is 3.46. The molecule has 2 saturated heterocycles. The first-order chi connectivity index (χ1) is 16.3. The Morgan fingerprint density at radius 3 is 2.50 bits per heavy atom. The predicted octanol–water partition coefficient (Wildman–Crippen LogP) is 2.10. The number of hydrogen-bond acceptors (Lipinski definition) is 5. The smallest absolute Gasteiger partial charge is 0.305 e. The average molecular weight is 478 g/mol. The fourth-order valence-electron chi connectivity index (χ4n) is 6.93. The summed E-state index contributed by atoms with van der Waals surface area (Å²) >= 11 is 0. The van der Waals surface area contributed by atoms with E-state index in [-0.39, 0.29) is 30.4 Å². The zero-order valence-electron chi connectivity index (χ0n) is 20.7. The third-order valence-electron chi connectivity index (χ3n) is 8.87. The van der Waals surface area contributed by atoms with Crippen LogP contribution in [-0.4, -0.2) is 95.2 Å². The van der Waals surface area contributed by atoms with Gasteiger partial charge in [0.25, 0.3) is 0 Å². The number of likely N-dealkylation sites (N-methyl/N-ethyl adjacent to an activating group) is 1. The van der Waals surface area contributed by atoms with Crippen LogP contribution in [0.3, 0.4) is 0 Å². The zero-order valence-corrected chi connectivity index (χ0v) is 20.7. The molecule has 2 heterocycles. The summed E-state index contributed by atoms with van der Waals surface area (Å²) in [6, 6.07) is -0.137. The largest absolute Gasteiger partial charge is 0.481 e. The van der Waals surface area contributed by atoms with Crippen LogP contribution in [0.2, 0.25) is 0 Å². The highest BCUT2D eigenvalue weighted by Gasteiger charge is 2.45. The second-order valence-electron chi connectivity index (χ2n) is 10.9. The number of ether oxygens (including phenoxy) is 1. The van der Waals surface area contributed by atoms with Crippen molar-refractivity contribution in [3.05, 3.63) is 0 Å². The minimum absolute atomic E-state index is 0.00728. The summed E-state index contributed by atoms with van der Waals surface area (Å²) in [5.41, 5.74) is 5.58. The molecule has 5 atom stereocenters. The Balaban J connectivity index is 1.33. The highest BCUT2D eigenvalue weighted by atomic mass is 16.5. The van der Waals surface area contributed by atoms with Gasteiger partial charge in [-0.1, -0.05) is 6.42 Å². The molecule has 0 aromatic carbocycles. The summed E-state index contributed by atoms with van der Waals surface area (Å²) in [5, 5.41) is 17.2. The first-order valence-electron chi connectivity index (χ1n) is 13.3. The molecule has 4 fully saturated rings. The van der Waals surface area contributed by atoms with Gasteiger partial charge in [-0.2, -0.15) is 0 Å². The maximum atomic E-state index is 13.8. The van der Waals surface area contributed by atoms with E-state index in [4.69, 9.17) is 15.9 Å². The maximum Gasteiger partial charge on any atom is 0.305 e. The van der Waals surface area contributed by atoms with Crippen LogP contribution in [0.5, 0.6) is 0 Å². The van der Waals surface area contributed by atoms with Gasteiger partial charge in [-0.15, -0.1) is 0 Å². The lowest BCUT2D eigenvalue weighted by atomic mass is 9.92. The van der Waals surface area contributed by atoms with Crippen LogP contribution >= 0.6 is 0 Å². The fraction of sp³-hybridized carbons (Fsp3) is 0.880. The molecule has 34 heavy (non-hydrogen) atoms. The molecule has 0 aromatic rings.